The zero-order chi connectivity index (χ0) is 17.8. The summed E-state index contributed by atoms with van der Waals surface area (Å²) in [6.07, 6.45) is 0. The van der Waals surface area contributed by atoms with Crippen molar-refractivity contribution in [3.05, 3.63) is 45.4 Å². The standard InChI is InChI=1S/C17H20N4O2S2.ClH/c1-11-8-12(17(23)21-4-6-24-7-5-21)2-3-13(11)20-16(22)14-10-25-15(9-18)19-14;/h2-3,8,10H,4-7,9,18H2,1H3,(H,20,22);1H. The van der Waals surface area contributed by atoms with Gasteiger partial charge in [0.15, 0.2) is 0 Å². The second-order valence-electron chi connectivity index (χ2n) is 5.72. The Morgan fingerprint density at radius 1 is 1.31 bits per heavy atom. The Balaban J connectivity index is 0.00000243. The van der Waals surface area contributed by atoms with Gasteiger partial charge in [-0.1, -0.05) is 0 Å². The van der Waals surface area contributed by atoms with Gasteiger partial charge in [-0.25, -0.2) is 4.98 Å². The number of hydrogen-bond donors (Lipinski definition) is 2. The molecule has 9 heteroatoms. The predicted molar refractivity (Wildman–Crippen MR) is 110 cm³/mol. The molecule has 0 atom stereocenters. The van der Waals surface area contributed by atoms with Crippen LogP contribution in [-0.2, 0) is 6.54 Å². The van der Waals surface area contributed by atoms with Gasteiger partial charge >= 0.3 is 0 Å². The zero-order valence-electron chi connectivity index (χ0n) is 14.4. The number of aromatic nitrogens is 1. The molecule has 1 aliphatic rings. The lowest BCUT2D eigenvalue weighted by Crippen LogP contribution is -2.37. The summed E-state index contributed by atoms with van der Waals surface area (Å²) in [6, 6.07) is 5.36. The SMILES string of the molecule is Cc1cc(C(=O)N2CCSCC2)ccc1NC(=O)c1csc(CN)n1.Cl. The second-order valence-corrected chi connectivity index (χ2v) is 7.89. The molecule has 2 amide bonds. The monoisotopic (exact) mass is 412 g/mol. The zero-order valence-corrected chi connectivity index (χ0v) is 16.8. The Hall–Kier alpha value is -1.61. The number of nitrogens with zero attached hydrogens (tertiary/aromatic N) is 2. The molecule has 140 valence electrons. The molecule has 1 aliphatic heterocycles. The minimum Gasteiger partial charge on any atom is -0.337 e. The molecule has 1 fully saturated rings. The van der Waals surface area contributed by atoms with Gasteiger partial charge in [-0.2, -0.15) is 11.8 Å². The number of halogens is 1. The molecule has 0 aliphatic carbocycles. The number of aryl methyl sites for hydroxylation is 1. The van der Waals surface area contributed by atoms with Crippen LogP contribution in [0, 0.1) is 6.92 Å². The quantitative estimate of drug-likeness (QED) is 0.806. The highest BCUT2D eigenvalue weighted by Crippen LogP contribution is 2.20. The van der Waals surface area contributed by atoms with E-state index in [1.165, 1.54) is 11.3 Å². The molecule has 0 bridgehead atoms. The topological polar surface area (TPSA) is 88.3 Å². The number of amides is 2. The summed E-state index contributed by atoms with van der Waals surface area (Å²) in [6.45, 7) is 3.77. The summed E-state index contributed by atoms with van der Waals surface area (Å²) < 4.78 is 0. The van der Waals surface area contributed by atoms with Crippen molar-refractivity contribution in [1.29, 1.82) is 0 Å². The van der Waals surface area contributed by atoms with E-state index in [9.17, 15) is 9.59 Å². The van der Waals surface area contributed by atoms with E-state index in [0.29, 0.717) is 23.5 Å². The molecular weight excluding hydrogens is 392 g/mol. The number of nitrogens with two attached hydrogens (primary N) is 1. The van der Waals surface area contributed by atoms with Crippen LogP contribution < -0.4 is 11.1 Å². The molecule has 2 heterocycles. The average Bonchev–Trinajstić information content (AvgIpc) is 3.13. The molecule has 0 radical (unpaired) electrons. The van der Waals surface area contributed by atoms with Crippen LogP contribution in [0.15, 0.2) is 23.6 Å². The van der Waals surface area contributed by atoms with Crippen molar-refractivity contribution in [2.24, 2.45) is 5.73 Å². The maximum Gasteiger partial charge on any atom is 0.275 e. The first kappa shape index (κ1) is 20.7. The van der Waals surface area contributed by atoms with Crippen LogP contribution in [0.2, 0.25) is 0 Å². The molecule has 6 nitrogen and oxygen atoms in total. The summed E-state index contributed by atoms with van der Waals surface area (Å²) in [5.74, 6) is 1.74. The molecule has 3 N–H and O–H groups in total. The third kappa shape index (κ3) is 4.76. The minimum atomic E-state index is -0.272. The molecule has 2 aromatic rings. The molecule has 1 aromatic heterocycles. The highest BCUT2D eigenvalue weighted by atomic mass is 35.5. The maximum atomic E-state index is 12.6. The van der Waals surface area contributed by atoms with Gasteiger partial charge in [-0.3, -0.25) is 9.59 Å². The molecule has 3 rings (SSSR count). The van der Waals surface area contributed by atoms with Crippen LogP contribution in [0.4, 0.5) is 5.69 Å². The first-order chi connectivity index (χ1) is 12.1. The van der Waals surface area contributed by atoms with Crippen molar-refractivity contribution >= 4 is 53.0 Å². The summed E-state index contributed by atoms with van der Waals surface area (Å²) in [7, 11) is 0. The third-order valence-electron chi connectivity index (χ3n) is 3.98. The van der Waals surface area contributed by atoms with E-state index in [4.69, 9.17) is 5.73 Å². The van der Waals surface area contributed by atoms with E-state index in [-0.39, 0.29) is 24.2 Å². The number of nitrogens with one attached hydrogen (secondary N) is 1. The fourth-order valence-corrected chi connectivity index (χ4v) is 4.14. The number of carbonyl (C=O) groups excluding carboxylic acids is 2. The number of thiazole rings is 1. The third-order valence-corrected chi connectivity index (χ3v) is 5.79. The molecule has 1 saturated heterocycles. The Bertz CT molecular complexity index is 791. The van der Waals surface area contributed by atoms with E-state index < -0.39 is 0 Å². The van der Waals surface area contributed by atoms with Crippen molar-refractivity contribution in [3.8, 4) is 0 Å². The van der Waals surface area contributed by atoms with Gasteiger partial charge in [0.05, 0.1) is 0 Å². The van der Waals surface area contributed by atoms with Crippen molar-refractivity contribution in [1.82, 2.24) is 9.88 Å². The Kier molecular flexibility index (Phi) is 7.45. The van der Waals surface area contributed by atoms with E-state index in [0.717, 1.165) is 35.2 Å². The number of rotatable bonds is 4. The van der Waals surface area contributed by atoms with Crippen LogP contribution in [0.5, 0.6) is 0 Å². The lowest BCUT2D eigenvalue weighted by molar-refractivity contribution is 0.0772. The van der Waals surface area contributed by atoms with Gasteiger partial charge in [0.2, 0.25) is 0 Å². The van der Waals surface area contributed by atoms with E-state index in [1.54, 1.807) is 17.5 Å². The molecule has 26 heavy (non-hydrogen) atoms. The van der Waals surface area contributed by atoms with Crippen molar-refractivity contribution in [2.45, 2.75) is 13.5 Å². The normalized spacial score (nSPS) is 13.8. The lowest BCUT2D eigenvalue weighted by atomic mass is 10.1. The first-order valence-electron chi connectivity index (χ1n) is 8.02. The van der Waals surface area contributed by atoms with Crippen molar-refractivity contribution < 1.29 is 9.59 Å². The fourth-order valence-electron chi connectivity index (χ4n) is 2.58. The second kappa shape index (κ2) is 9.36. The molecular formula is C17H21ClN4O2S2. The number of hydrogen-bond acceptors (Lipinski definition) is 6. The molecule has 0 saturated carbocycles. The van der Waals surface area contributed by atoms with Crippen LogP contribution in [0.25, 0.3) is 0 Å². The van der Waals surface area contributed by atoms with Crippen molar-refractivity contribution in [3.63, 3.8) is 0 Å². The van der Waals surface area contributed by atoms with E-state index in [1.807, 2.05) is 29.7 Å². The van der Waals surface area contributed by atoms with Crippen molar-refractivity contribution in [2.75, 3.05) is 29.9 Å². The highest BCUT2D eigenvalue weighted by molar-refractivity contribution is 7.99. The highest BCUT2D eigenvalue weighted by Gasteiger charge is 2.19. The summed E-state index contributed by atoms with van der Waals surface area (Å²) in [5.41, 5.74) is 8.06. The summed E-state index contributed by atoms with van der Waals surface area (Å²) in [4.78, 5) is 30.9. The predicted octanol–water partition coefficient (Wildman–Crippen LogP) is 2.77. The van der Waals surface area contributed by atoms with Gasteiger partial charge in [-0.15, -0.1) is 23.7 Å². The summed E-state index contributed by atoms with van der Waals surface area (Å²) in [5, 5.41) is 5.26. The first-order valence-corrected chi connectivity index (χ1v) is 10.1. The smallest absolute Gasteiger partial charge is 0.275 e. The molecule has 1 aromatic carbocycles. The van der Waals surface area contributed by atoms with Gasteiger partial charge in [0.1, 0.15) is 10.7 Å². The van der Waals surface area contributed by atoms with Gasteiger partial charge in [0.25, 0.3) is 11.8 Å². The van der Waals surface area contributed by atoms with E-state index in [2.05, 4.69) is 10.3 Å². The lowest BCUT2D eigenvalue weighted by Gasteiger charge is -2.26. The van der Waals surface area contributed by atoms with Gasteiger partial charge in [-0.05, 0) is 30.7 Å². The van der Waals surface area contributed by atoms with Crippen LogP contribution in [0.3, 0.4) is 0 Å². The molecule has 0 spiro atoms. The van der Waals surface area contributed by atoms with Crippen LogP contribution in [0.1, 0.15) is 31.4 Å². The largest absolute Gasteiger partial charge is 0.337 e. The Morgan fingerprint density at radius 3 is 2.65 bits per heavy atom. The Labute approximate surface area is 167 Å². The number of carbonyl (C=O) groups is 2. The minimum absolute atomic E-state index is 0. The van der Waals surface area contributed by atoms with Gasteiger partial charge < -0.3 is 16.0 Å². The average molecular weight is 413 g/mol. The van der Waals surface area contributed by atoms with E-state index >= 15 is 0 Å². The Morgan fingerprint density at radius 2 is 2.04 bits per heavy atom. The molecule has 0 unspecified atom stereocenters. The number of benzene rings is 1. The fraction of sp³-hybridized carbons (Fsp3) is 0.353. The van der Waals surface area contributed by atoms with Crippen LogP contribution in [-0.4, -0.2) is 46.3 Å². The summed E-state index contributed by atoms with van der Waals surface area (Å²) >= 11 is 3.24. The van der Waals surface area contributed by atoms with Gasteiger partial charge in [0, 0.05) is 47.8 Å². The number of anilines is 1. The van der Waals surface area contributed by atoms with Crippen LogP contribution >= 0.6 is 35.5 Å². The maximum absolute atomic E-state index is 12.6. The number of thioether (sulfide) groups is 1.